The molecule has 7 nitrogen and oxygen atoms in total. The lowest BCUT2D eigenvalue weighted by Crippen LogP contribution is -2.68. The van der Waals surface area contributed by atoms with Crippen molar-refractivity contribution in [3.8, 4) is 5.75 Å². The highest BCUT2D eigenvalue weighted by molar-refractivity contribution is 5.72. The second-order valence-electron chi connectivity index (χ2n) is 8.76. The van der Waals surface area contributed by atoms with Gasteiger partial charge in [-0.3, -0.25) is 4.90 Å². The number of ether oxygens (including phenoxy) is 3. The molecule has 0 spiro atoms. The molecule has 0 bridgehead atoms. The van der Waals surface area contributed by atoms with Crippen molar-refractivity contribution in [2.75, 3.05) is 26.3 Å². The van der Waals surface area contributed by atoms with Gasteiger partial charge >= 0.3 is 41.9 Å². The van der Waals surface area contributed by atoms with Crippen LogP contribution in [0.5, 0.6) is 5.75 Å². The molecule has 0 saturated heterocycles. The van der Waals surface area contributed by atoms with Crippen LogP contribution in [-0.2, 0) is 20.7 Å². The molecule has 18 heteroatoms. The fourth-order valence-corrected chi connectivity index (χ4v) is 3.08. The van der Waals surface area contributed by atoms with Crippen LogP contribution < -0.4 is 4.74 Å². The largest absolute Gasteiger partial charge is 0.492 e. The standard InChI is InChI=1S/C23H26F11NO6/c1-4-39-16(17(36)37)11-14-5-7-15(8-6-14)40-10-9-35(18(38)41-13(2)3)12-19(24,25)20(26,27)21(28,29)22(30,31)23(32,33)34/h5-8,13,16H,4,9-12H2,1-3H3,(H,36,37). The maximum Gasteiger partial charge on any atom is 0.460 e. The number of carboxylic acids is 1. The third kappa shape index (κ3) is 8.48. The van der Waals surface area contributed by atoms with Crippen LogP contribution >= 0.6 is 0 Å². The summed E-state index contributed by atoms with van der Waals surface area (Å²) in [6.07, 6.45) is -11.4. The number of hydrogen-bond acceptors (Lipinski definition) is 5. The summed E-state index contributed by atoms with van der Waals surface area (Å²) >= 11 is 0. The molecule has 0 fully saturated rings. The van der Waals surface area contributed by atoms with Gasteiger partial charge in [0.25, 0.3) is 0 Å². The van der Waals surface area contributed by atoms with Crippen LogP contribution in [0.15, 0.2) is 24.3 Å². The highest BCUT2D eigenvalue weighted by atomic mass is 19.4. The number of aliphatic carboxylic acids is 1. The van der Waals surface area contributed by atoms with E-state index in [1.807, 2.05) is 0 Å². The van der Waals surface area contributed by atoms with Gasteiger partial charge in [0.15, 0.2) is 6.10 Å². The maximum absolute atomic E-state index is 14.3. The lowest BCUT2D eigenvalue weighted by atomic mass is 9.97. The number of carboxylic acid groups (broad SMARTS) is 1. The van der Waals surface area contributed by atoms with Crippen LogP contribution in [0, 0.1) is 0 Å². The highest BCUT2D eigenvalue weighted by Gasteiger charge is 2.87. The van der Waals surface area contributed by atoms with E-state index >= 15 is 0 Å². The average molecular weight is 621 g/mol. The van der Waals surface area contributed by atoms with Crippen molar-refractivity contribution in [3.63, 3.8) is 0 Å². The molecular formula is C23H26F11NO6. The summed E-state index contributed by atoms with van der Waals surface area (Å²) in [7, 11) is 0. The molecule has 1 atom stereocenters. The summed E-state index contributed by atoms with van der Waals surface area (Å²) in [5.74, 6) is -30.0. The third-order valence-corrected chi connectivity index (χ3v) is 5.21. The molecule has 1 unspecified atom stereocenters. The zero-order chi connectivity index (χ0) is 32.0. The fourth-order valence-electron chi connectivity index (χ4n) is 3.08. The lowest BCUT2D eigenvalue weighted by Gasteiger charge is -2.38. The molecule has 0 saturated carbocycles. The van der Waals surface area contributed by atoms with Gasteiger partial charge in [-0.15, -0.1) is 0 Å². The van der Waals surface area contributed by atoms with E-state index in [1.165, 1.54) is 38.1 Å². The minimum absolute atomic E-state index is 0.0253. The Balaban J connectivity index is 3.09. The van der Waals surface area contributed by atoms with E-state index in [0.717, 1.165) is 0 Å². The summed E-state index contributed by atoms with van der Waals surface area (Å²) in [6.45, 7) is -0.579. The van der Waals surface area contributed by atoms with Gasteiger partial charge in [-0.2, -0.15) is 48.3 Å². The molecule has 0 radical (unpaired) electrons. The first-order valence-corrected chi connectivity index (χ1v) is 11.6. The zero-order valence-electron chi connectivity index (χ0n) is 21.6. The van der Waals surface area contributed by atoms with E-state index in [-0.39, 0.29) is 23.7 Å². The van der Waals surface area contributed by atoms with Crippen LogP contribution in [-0.4, -0.2) is 90.4 Å². The van der Waals surface area contributed by atoms with Gasteiger partial charge in [0.2, 0.25) is 0 Å². The number of amides is 1. The van der Waals surface area contributed by atoms with Gasteiger partial charge in [0.1, 0.15) is 12.4 Å². The molecule has 1 aromatic rings. The first-order valence-electron chi connectivity index (χ1n) is 11.6. The molecule has 41 heavy (non-hydrogen) atoms. The molecule has 0 aliphatic carbocycles. The Morgan fingerprint density at radius 3 is 1.85 bits per heavy atom. The fraction of sp³-hybridized carbons (Fsp3) is 0.652. The normalized spacial score (nSPS) is 14.1. The van der Waals surface area contributed by atoms with Crippen LogP contribution in [0.25, 0.3) is 0 Å². The molecule has 1 amide bonds. The van der Waals surface area contributed by atoms with Gasteiger partial charge in [0, 0.05) is 13.0 Å². The topological polar surface area (TPSA) is 85.3 Å². The number of alkyl halides is 11. The van der Waals surface area contributed by atoms with Gasteiger partial charge in [-0.05, 0) is 38.5 Å². The smallest absolute Gasteiger partial charge is 0.460 e. The van der Waals surface area contributed by atoms with Crippen molar-refractivity contribution in [2.24, 2.45) is 0 Å². The van der Waals surface area contributed by atoms with E-state index in [2.05, 4.69) is 4.74 Å². The van der Waals surface area contributed by atoms with E-state index in [9.17, 15) is 57.9 Å². The Morgan fingerprint density at radius 1 is 0.878 bits per heavy atom. The number of hydrogen-bond donors (Lipinski definition) is 1. The monoisotopic (exact) mass is 621 g/mol. The van der Waals surface area contributed by atoms with Gasteiger partial charge in [-0.25, -0.2) is 9.59 Å². The van der Waals surface area contributed by atoms with Crippen molar-refractivity contribution in [2.45, 2.75) is 69.3 Å². The maximum atomic E-state index is 14.3. The summed E-state index contributed by atoms with van der Waals surface area (Å²) in [5, 5.41) is 9.12. The number of nitrogens with zero attached hydrogens (tertiary/aromatic N) is 1. The van der Waals surface area contributed by atoms with Crippen molar-refractivity contribution >= 4 is 12.1 Å². The van der Waals surface area contributed by atoms with E-state index in [4.69, 9.17) is 14.6 Å². The Kier molecular flexibility index (Phi) is 11.7. The molecule has 1 rings (SSSR count). The highest BCUT2D eigenvalue weighted by Crippen LogP contribution is 2.57. The zero-order valence-corrected chi connectivity index (χ0v) is 21.6. The molecule has 0 aromatic heterocycles. The first kappa shape index (κ1) is 36.0. The number of halogens is 11. The predicted molar refractivity (Wildman–Crippen MR) is 118 cm³/mol. The quantitative estimate of drug-likeness (QED) is 0.240. The van der Waals surface area contributed by atoms with Crippen molar-refractivity contribution in [3.05, 3.63) is 29.8 Å². The van der Waals surface area contributed by atoms with Crippen LogP contribution in [0.1, 0.15) is 26.3 Å². The molecular weight excluding hydrogens is 595 g/mol. The number of benzene rings is 1. The third-order valence-electron chi connectivity index (χ3n) is 5.21. The van der Waals surface area contributed by atoms with Crippen LogP contribution in [0.2, 0.25) is 0 Å². The molecule has 236 valence electrons. The molecule has 0 aliphatic rings. The second-order valence-corrected chi connectivity index (χ2v) is 8.76. The lowest BCUT2D eigenvalue weighted by molar-refractivity contribution is -0.422. The molecule has 1 aromatic carbocycles. The Hall–Kier alpha value is -3.05. The van der Waals surface area contributed by atoms with Crippen molar-refractivity contribution in [1.82, 2.24) is 4.90 Å². The van der Waals surface area contributed by atoms with Gasteiger partial charge < -0.3 is 19.3 Å². The average Bonchev–Trinajstić information content (AvgIpc) is 2.82. The summed E-state index contributed by atoms with van der Waals surface area (Å²) in [4.78, 5) is 23.0. The van der Waals surface area contributed by atoms with E-state index in [1.54, 1.807) is 6.92 Å². The Morgan fingerprint density at radius 2 is 1.41 bits per heavy atom. The molecule has 0 aliphatic heterocycles. The molecule has 0 heterocycles. The molecule has 1 N–H and O–H groups in total. The van der Waals surface area contributed by atoms with Gasteiger partial charge in [0.05, 0.1) is 19.2 Å². The predicted octanol–water partition coefficient (Wildman–Crippen LogP) is 6.05. The second kappa shape index (κ2) is 13.3. The first-order chi connectivity index (χ1) is 18.5. The SMILES string of the molecule is CCOC(Cc1ccc(OCCN(CC(F)(F)C(F)(F)C(F)(F)C(F)(F)C(F)(F)F)C(=O)OC(C)C)cc1)C(=O)O. The minimum Gasteiger partial charge on any atom is -0.492 e. The Bertz CT molecular complexity index is 1020. The van der Waals surface area contributed by atoms with Gasteiger partial charge in [-0.1, -0.05) is 12.1 Å². The minimum atomic E-state index is -7.62. The van der Waals surface area contributed by atoms with E-state index in [0.29, 0.717) is 5.56 Å². The van der Waals surface area contributed by atoms with E-state index < -0.39 is 73.8 Å². The summed E-state index contributed by atoms with van der Waals surface area (Å²) in [6, 6.07) is 5.29. The van der Waals surface area contributed by atoms with Crippen LogP contribution in [0.4, 0.5) is 53.1 Å². The number of carbonyl (C=O) groups excluding carboxylic acids is 1. The van der Waals surface area contributed by atoms with Crippen molar-refractivity contribution in [1.29, 1.82) is 0 Å². The number of rotatable bonds is 15. The van der Waals surface area contributed by atoms with Crippen LogP contribution in [0.3, 0.4) is 0 Å². The van der Waals surface area contributed by atoms with Crippen molar-refractivity contribution < 1.29 is 77.2 Å². The summed E-state index contributed by atoms with van der Waals surface area (Å²) in [5.41, 5.74) is 0.457. The summed E-state index contributed by atoms with van der Waals surface area (Å²) < 4.78 is 162. The number of carbonyl (C=O) groups is 2. The Labute approximate surface area is 226 Å².